The molecule has 0 unspecified atom stereocenters. The van der Waals surface area contributed by atoms with Crippen molar-refractivity contribution in [2.45, 2.75) is 26.2 Å². The van der Waals surface area contributed by atoms with Gasteiger partial charge in [0, 0.05) is 12.7 Å². The number of sulfonamides is 1. The molecule has 0 saturated carbocycles. The van der Waals surface area contributed by atoms with Gasteiger partial charge in [-0.3, -0.25) is 9.52 Å². The third-order valence-corrected chi connectivity index (χ3v) is 4.98. The minimum absolute atomic E-state index is 0.00620. The fraction of sp³-hybridized carbons (Fsp3) is 0.400. The number of nitrogens with zero attached hydrogens (tertiary/aromatic N) is 1. The summed E-state index contributed by atoms with van der Waals surface area (Å²) in [5.74, 6) is -0.141. The Morgan fingerprint density at radius 2 is 2.00 bits per heavy atom. The van der Waals surface area contributed by atoms with Gasteiger partial charge in [0.2, 0.25) is 15.9 Å². The summed E-state index contributed by atoms with van der Waals surface area (Å²) >= 11 is 0. The van der Waals surface area contributed by atoms with Crippen LogP contribution in [0.3, 0.4) is 0 Å². The fourth-order valence-corrected chi connectivity index (χ4v) is 3.64. The molecule has 0 aliphatic carbocycles. The summed E-state index contributed by atoms with van der Waals surface area (Å²) in [7, 11) is -1.71. The highest BCUT2D eigenvalue weighted by Crippen LogP contribution is 2.44. The first-order valence-electron chi connectivity index (χ1n) is 6.65. The summed E-state index contributed by atoms with van der Waals surface area (Å²) in [5, 5.41) is 0. The van der Waals surface area contributed by atoms with Crippen molar-refractivity contribution in [3.8, 4) is 0 Å². The summed E-state index contributed by atoms with van der Waals surface area (Å²) < 4.78 is 26.2. The molecule has 0 atom stereocenters. The number of hydrogen-bond acceptors (Lipinski definition) is 3. The highest BCUT2D eigenvalue weighted by molar-refractivity contribution is 7.92. The summed E-state index contributed by atoms with van der Waals surface area (Å²) in [6.45, 7) is 9.00. The Labute approximate surface area is 125 Å². The Morgan fingerprint density at radius 1 is 1.38 bits per heavy atom. The average Bonchev–Trinajstić information content (AvgIpc) is 2.50. The number of carbonyl (C=O) groups is 1. The van der Waals surface area contributed by atoms with Gasteiger partial charge in [0.1, 0.15) is 0 Å². The predicted octanol–water partition coefficient (Wildman–Crippen LogP) is 2.18. The van der Waals surface area contributed by atoms with Gasteiger partial charge in [0.05, 0.1) is 16.9 Å². The minimum Gasteiger partial charge on any atom is -0.314 e. The van der Waals surface area contributed by atoms with E-state index in [1.54, 1.807) is 24.1 Å². The molecule has 5 nitrogen and oxygen atoms in total. The van der Waals surface area contributed by atoms with Gasteiger partial charge in [-0.15, -0.1) is 6.58 Å². The van der Waals surface area contributed by atoms with Crippen molar-refractivity contribution < 1.29 is 13.2 Å². The second-order valence-corrected chi connectivity index (χ2v) is 7.62. The third-order valence-electron chi connectivity index (χ3n) is 3.76. The maximum Gasteiger partial charge on any atom is 0.236 e. The highest BCUT2D eigenvalue weighted by Gasteiger charge is 2.43. The van der Waals surface area contributed by atoms with Crippen molar-refractivity contribution in [1.82, 2.24) is 0 Å². The van der Waals surface area contributed by atoms with Crippen molar-refractivity contribution in [3.05, 3.63) is 35.9 Å². The molecule has 0 fully saturated rings. The zero-order valence-electron chi connectivity index (χ0n) is 12.7. The van der Waals surface area contributed by atoms with Gasteiger partial charge < -0.3 is 4.90 Å². The highest BCUT2D eigenvalue weighted by atomic mass is 32.2. The largest absolute Gasteiger partial charge is 0.314 e. The number of nitrogens with one attached hydrogen (secondary N) is 1. The molecule has 0 saturated heterocycles. The Morgan fingerprint density at radius 3 is 2.57 bits per heavy atom. The minimum atomic E-state index is -3.45. The Balaban J connectivity index is 2.52. The van der Waals surface area contributed by atoms with Crippen LogP contribution in [0.1, 0.15) is 25.0 Å². The SMILES string of the molecule is C=CCS(=O)(=O)Nc1cc(C)c2c(c1)C(C)(C)C(=O)N2C. The van der Waals surface area contributed by atoms with Crippen molar-refractivity contribution >= 4 is 27.3 Å². The van der Waals surface area contributed by atoms with Crippen LogP contribution >= 0.6 is 0 Å². The third kappa shape index (κ3) is 2.55. The average molecular weight is 308 g/mol. The number of amides is 1. The van der Waals surface area contributed by atoms with Gasteiger partial charge in [0.15, 0.2) is 0 Å². The molecule has 1 aliphatic heterocycles. The summed E-state index contributed by atoms with van der Waals surface area (Å²) in [6.07, 6.45) is 1.34. The fourth-order valence-electron chi connectivity index (χ4n) is 2.77. The van der Waals surface area contributed by atoms with Crippen LogP contribution in [0, 0.1) is 6.92 Å². The van der Waals surface area contributed by atoms with E-state index in [9.17, 15) is 13.2 Å². The number of benzene rings is 1. The van der Waals surface area contributed by atoms with Crippen LogP contribution in [0.25, 0.3) is 0 Å². The van der Waals surface area contributed by atoms with Crippen LogP contribution in [0.2, 0.25) is 0 Å². The van der Waals surface area contributed by atoms with Crippen LogP contribution in [0.5, 0.6) is 0 Å². The Bertz CT molecular complexity index is 721. The topological polar surface area (TPSA) is 66.5 Å². The Hall–Kier alpha value is -1.82. The van der Waals surface area contributed by atoms with E-state index in [2.05, 4.69) is 11.3 Å². The predicted molar refractivity (Wildman–Crippen MR) is 85.2 cm³/mol. The van der Waals surface area contributed by atoms with Crippen LogP contribution in [0.15, 0.2) is 24.8 Å². The van der Waals surface area contributed by atoms with Gasteiger partial charge in [-0.2, -0.15) is 0 Å². The van der Waals surface area contributed by atoms with E-state index in [0.717, 1.165) is 16.8 Å². The molecule has 21 heavy (non-hydrogen) atoms. The van der Waals surface area contributed by atoms with Gasteiger partial charge in [-0.1, -0.05) is 6.08 Å². The van der Waals surface area contributed by atoms with Gasteiger partial charge in [-0.05, 0) is 44.0 Å². The molecule has 2 rings (SSSR count). The van der Waals surface area contributed by atoms with Crippen molar-refractivity contribution in [1.29, 1.82) is 0 Å². The van der Waals surface area contributed by atoms with Gasteiger partial charge in [-0.25, -0.2) is 8.42 Å². The van der Waals surface area contributed by atoms with E-state index in [0.29, 0.717) is 5.69 Å². The molecule has 1 aliphatic rings. The van der Waals surface area contributed by atoms with Crippen LogP contribution in [-0.4, -0.2) is 27.1 Å². The van der Waals surface area contributed by atoms with Gasteiger partial charge >= 0.3 is 0 Å². The summed E-state index contributed by atoms with van der Waals surface area (Å²) in [4.78, 5) is 13.9. The lowest BCUT2D eigenvalue weighted by Gasteiger charge is -2.17. The normalized spacial score (nSPS) is 16.8. The molecule has 1 amide bonds. The zero-order valence-corrected chi connectivity index (χ0v) is 13.5. The first-order valence-corrected chi connectivity index (χ1v) is 8.30. The smallest absolute Gasteiger partial charge is 0.236 e. The lowest BCUT2D eigenvalue weighted by atomic mass is 9.85. The van der Waals surface area contributed by atoms with Crippen molar-refractivity contribution in [3.63, 3.8) is 0 Å². The molecular formula is C15H20N2O3S. The van der Waals surface area contributed by atoms with Crippen molar-refractivity contribution in [2.75, 3.05) is 22.4 Å². The molecule has 6 heteroatoms. The van der Waals surface area contributed by atoms with E-state index in [-0.39, 0.29) is 11.7 Å². The Kier molecular flexibility index (Phi) is 3.61. The van der Waals surface area contributed by atoms with E-state index in [1.807, 2.05) is 20.8 Å². The van der Waals surface area contributed by atoms with E-state index in [4.69, 9.17) is 0 Å². The van der Waals surface area contributed by atoms with E-state index in [1.165, 1.54) is 6.08 Å². The standard InChI is InChI=1S/C15H20N2O3S/c1-6-7-21(19,20)16-11-8-10(2)13-12(9-11)15(3,4)14(18)17(13)5/h6,8-9,16H,1,7H2,2-5H3. The lowest BCUT2D eigenvalue weighted by molar-refractivity contribution is -0.121. The molecule has 114 valence electrons. The molecule has 0 spiro atoms. The molecule has 0 aromatic heterocycles. The van der Waals surface area contributed by atoms with Crippen LogP contribution < -0.4 is 9.62 Å². The first kappa shape index (κ1) is 15.6. The molecule has 1 heterocycles. The van der Waals surface area contributed by atoms with E-state index >= 15 is 0 Å². The second kappa shape index (κ2) is 4.87. The summed E-state index contributed by atoms with van der Waals surface area (Å²) in [5.41, 5.74) is 2.38. The number of aryl methyl sites for hydroxylation is 1. The quantitative estimate of drug-likeness (QED) is 0.867. The molecule has 1 N–H and O–H groups in total. The van der Waals surface area contributed by atoms with E-state index < -0.39 is 15.4 Å². The number of carbonyl (C=O) groups excluding carboxylic acids is 1. The number of anilines is 2. The molecule has 1 aromatic carbocycles. The maximum absolute atomic E-state index is 12.3. The number of rotatable bonds is 4. The summed E-state index contributed by atoms with van der Waals surface area (Å²) in [6, 6.07) is 3.48. The molecule has 0 radical (unpaired) electrons. The maximum atomic E-state index is 12.3. The molecule has 0 bridgehead atoms. The molecule has 1 aromatic rings. The van der Waals surface area contributed by atoms with Crippen molar-refractivity contribution in [2.24, 2.45) is 0 Å². The first-order chi connectivity index (χ1) is 9.60. The zero-order chi connectivity index (χ0) is 16.0. The second-order valence-electron chi connectivity index (χ2n) is 5.85. The van der Waals surface area contributed by atoms with Crippen LogP contribution in [-0.2, 0) is 20.2 Å². The number of likely N-dealkylation sites (N-methyl/N-ethyl adjacent to an activating group) is 1. The molecular weight excluding hydrogens is 288 g/mol. The number of hydrogen-bond donors (Lipinski definition) is 1. The monoisotopic (exact) mass is 308 g/mol. The lowest BCUT2D eigenvalue weighted by Crippen LogP contribution is -2.33. The van der Waals surface area contributed by atoms with Crippen LogP contribution in [0.4, 0.5) is 11.4 Å². The van der Waals surface area contributed by atoms with Gasteiger partial charge in [0.25, 0.3) is 0 Å². The number of fused-ring (bicyclic) bond motifs is 1.